The molecule has 0 aromatic rings. The summed E-state index contributed by atoms with van der Waals surface area (Å²) in [5, 5.41) is 20.1. The van der Waals surface area contributed by atoms with Gasteiger partial charge in [-0.2, -0.15) is 0 Å². The summed E-state index contributed by atoms with van der Waals surface area (Å²) in [5.41, 5.74) is -2.63. The average Bonchev–Trinajstić information content (AvgIpc) is 2.70. The van der Waals surface area contributed by atoms with Gasteiger partial charge in [-0.05, 0) is 12.8 Å². The third kappa shape index (κ3) is 11.5. The molecule has 0 heterocycles. The number of phosphoric acid groups is 1. The highest BCUT2D eigenvalue weighted by Crippen LogP contribution is 2.49. The standard InChI is InChI=1S/C22H44NO8P/c1-6-8-10-12-14-19(25)22(21(27)18-24,20(26)15-13-11-9-7-2)31-32(28,29)30-17-16-23(3,4)5/h21,24,27H,6-18H2,1-5H3/p+1/t21-/m0/s1. The molecule has 0 rings (SSSR count). The van der Waals surface area contributed by atoms with E-state index in [1.165, 1.54) is 0 Å². The molecule has 0 aliphatic heterocycles. The fourth-order valence-corrected chi connectivity index (χ4v) is 4.31. The number of quaternary nitrogens is 1. The van der Waals surface area contributed by atoms with Crippen LogP contribution >= 0.6 is 7.82 Å². The number of phosphoric ester groups is 1. The van der Waals surface area contributed by atoms with Gasteiger partial charge in [-0.3, -0.25) is 18.6 Å². The van der Waals surface area contributed by atoms with Gasteiger partial charge in [-0.25, -0.2) is 4.57 Å². The van der Waals surface area contributed by atoms with Gasteiger partial charge in [-0.15, -0.1) is 0 Å². The van der Waals surface area contributed by atoms with Crippen molar-refractivity contribution in [1.82, 2.24) is 0 Å². The SMILES string of the molecule is CCCCCCC(=O)C(OP(=O)(O)OCC[N+](C)(C)C)(C(=O)CCCCCC)[C@@H](O)CO. The molecule has 10 heteroatoms. The number of ketones is 2. The summed E-state index contributed by atoms with van der Waals surface area (Å²) >= 11 is 0. The van der Waals surface area contributed by atoms with Gasteiger partial charge in [-0.1, -0.05) is 52.4 Å². The van der Waals surface area contributed by atoms with Crippen molar-refractivity contribution in [3.05, 3.63) is 0 Å². The van der Waals surface area contributed by atoms with Gasteiger partial charge in [0, 0.05) is 12.8 Å². The zero-order valence-electron chi connectivity index (χ0n) is 20.5. The molecule has 0 aromatic carbocycles. The third-order valence-corrected chi connectivity index (χ3v) is 6.29. The minimum atomic E-state index is -4.89. The lowest BCUT2D eigenvalue weighted by atomic mass is 9.82. The second-order valence-electron chi connectivity index (χ2n) is 9.31. The average molecular weight is 483 g/mol. The van der Waals surface area contributed by atoms with E-state index in [4.69, 9.17) is 9.05 Å². The molecular formula is C22H45NO8P+. The molecular weight excluding hydrogens is 437 g/mol. The first-order valence-electron chi connectivity index (χ1n) is 11.7. The fraction of sp³-hybridized carbons (Fsp3) is 0.909. The Morgan fingerprint density at radius 3 is 1.78 bits per heavy atom. The van der Waals surface area contributed by atoms with Gasteiger partial charge in [0.15, 0.2) is 11.6 Å². The van der Waals surface area contributed by atoms with Crippen molar-refractivity contribution in [2.45, 2.75) is 89.8 Å². The Morgan fingerprint density at radius 2 is 1.41 bits per heavy atom. The van der Waals surface area contributed by atoms with Crippen molar-refractivity contribution in [1.29, 1.82) is 0 Å². The molecule has 0 radical (unpaired) electrons. The summed E-state index contributed by atoms with van der Waals surface area (Å²) in [5.74, 6) is -1.61. The van der Waals surface area contributed by atoms with Crippen LogP contribution in [0.3, 0.4) is 0 Å². The fourth-order valence-electron chi connectivity index (χ4n) is 3.25. The molecule has 190 valence electrons. The van der Waals surface area contributed by atoms with Crippen LogP contribution in [0.25, 0.3) is 0 Å². The Balaban J connectivity index is 5.77. The molecule has 0 spiro atoms. The molecule has 0 aliphatic rings. The lowest BCUT2D eigenvalue weighted by Crippen LogP contribution is -2.58. The van der Waals surface area contributed by atoms with E-state index in [0.717, 1.165) is 38.5 Å². The lowest BCUT2D eigenvalue weighted by molar-refractivity contribution is -0.870. The minimum Gasteiger partial charge on any atom is -0.394 e. The normalized spacial score (nSPS) is 15.4. The second kappa shape index (κ2) is 15.3. The quantitative estimate of drug-likeness (QED) is 0.104. The van der Waals surface area contributed by atoms with E-state index in [0.29, 0.717) is 23.9 Å². The smallest absolute Gasteiger partial charge is 0.394 e. The minimum absolute atomic E-state index is 0.114. The highest BCUT2D eigenvalue weighted by atomic mass is 31.2. The first-order chi connectivity index (χ1) is 14.9. The van der Waals surface area contributed by atoms with Crippen LogP contribution in [-0.4, -0.2) is 83.8 Å². The largest absolute Gasteiger partial charge is 0.473 e. The number of aliphatic hydroxyl groups is 2. The van der Waals surface area contributed by atoms with E-state index in [1.54, 1.807) is 0 Å². The highest BCUT2D eigenvalue weighted by molar-refractivity contribution is 7.47. The Hall–Kier alpha value is -0.670. The second-order valence-corrected chi connectivity index (χ2v) is 10.7. The first-order valence-corrected chi connectivity index (χ1v) is 13.2. The number of carbonyl (C=O) groups excluding carboxylic acids is 2. The van der Waals surface area contributed by atoms with Crippen LogP contribution < -0.4 is 0 Å². The van der Waals surface area contributed by atoms with Gasteiger partial charge in [0.1, 0.15) is 19.3 Å². The predicted octanol–water partition coefficient (Wildman–Crippen LogP) is 3.00. The van der Waals surface area contributed by atoms with Crippen molar-refractivity contribution in [3.63, 3.8) is 0 Å². The number of rotatable bonds is 20. The maximum absolute atomic E-state index is 13.2. The van der Waals surface area contributed by atoms with Gasteiger partial charge in [0.25, 0.3) is 0 Å². The highest BCUT2D eigenvalue weighted by Gasteiger charge is 2.55. The Bertz CT molecular complexity index is 581. The van der Waals surface area contributed by atoms with Crippen LogP contribution in [0.15, 0.2) is 0 Å². The van der Waals surface area contributed by atoms with Gasteiger partial charge >= 0.3 is 7.82 Å². The van der Waals surface area contributed by atoms with E-state index in [1.807, 2.05) is 35.0 Å². The summed E-state index contributed by atoms with van der Waals surface area (Å²) in [7, 11) is 0.714. The van der Waals surface area contributed by atoms with E-state index >= 15 is 0 Å². The number of aliphatic hydroxyl groups excluding tert-OH is 2. The maximum atomic E-state index is 13.2. The Labute approximate surface area is 193 Å². The van der Waals surface area contributed by atoms with E-state index in [2.05, 4.69) is 0 Å². The zero-order valence-corrected chi connectivity index (χ0v) is 21.4. The lowest BCUT2D eigenvalue weighted by Gasteiger charge is -2.35. The number of unbranched alkanes of at least 4 members (excludes halogenated alkanes) is 6. The van der Waals surface area contributed by atoms with Crippen LogP contribution in [-0.2, 0) is 23.2 Å². The molecule has 0 aliphatic carbocycles. The third-order valence-electron chi connectivity index (χ3n) is 5.26. The van der Waals surface area contributed by atoms with Crippen molar-refractivity contribution >= 4 is 19.4 Å². The summed E-state index contributed by atoms with van der Waals surface area (Å²) in [6.07, 6.45) is 3.81. The summed E-state index contributed by atoms with van der Waals surface area (Å²) in [6.45, 7) is 3.28. The van der Waals surface area contributed by atoms with Crippen molar-refractivity contribution < 1.29 is 42.8 Å². The van der Waals surface area contributed by atoms with Crippen LogP contribution in [0.4, 0.5) is 0 Å². The van der Waals surface area contributed by atoms with E-state index in [-0.39, 0.29) is 19.4 Å². The maximum Gasteiger partial charge on any atom is 0.473 e. The molecule has 9 nitrogen and oxygen atoms in total. The monoisotopic (exact) mass is 482 g/mol. The number of Topliss-reactive ketones (excluding diaryl/α,β-unsaturated/α-hetero) is 2. The predicted molar refractivity (Wildman–Crippen MR) is 123 cm³/mol. The Kier molecular flexibility index (Phi) is 15.0. The molecule has 2 atom stereocenters. The number of carbonyl (C=O) groups is 2. The van der Waals surface area contributed by atoms with Crippen LogP contribution in [0.2, 0.25) is 0 Å². The number of hydrogen-bond donors (Lipinski definition) is 3. The van der Waals surface area contributed by atoms with Crippen molar-refractivity contribution in [2.24, 2.45) is 0 Å². The molecule has 0 fully saturated rings. The molecule has 0 aromatic heterocycles. The van der Waals surface area contributed by atoms with E-state index < -0.39 is 37.7 Å². The van der Waals surface area contributed by atoms with Gasteiger partial charge < -0.3 is 19.6 Å². The first kappa shape index (κ1) is 31.3. The Morgan fingerprint density at radius 1 is 0.938 bits per heavy atom. The van der Waals surface area contributed by atoms with Crippen LogP contribution in [0.5, 0.6) is 0 Å². The van der Waals surface area contributed by atoms with Crippen LogP contribution in [0, 0.1) is 0 Å². The number of nitrogens with zero attached hydrogens (tertiary/aromatic N) is 1. The van der Waals surface area contributed by atoms with Crippen molar-refractivity contribution in [2.75, 3.05) is 40.9 Å². The van der Waals surface area contributed by atoms with Gasteiger partial charge in [0.2, 0.25) is 5.60 Å². The van der Waals surface area contributed by atoms with Crippen molar-refractivity contribution in [3.8, 4) is 0 Å². The van der Waals surface area contributed by atoms with Crippen LogP contribution in [0.1, 0.15) is 78.1 Å². The van der Waals surface area contributed by atoms with Gasteiger partial charge in [0.05, 0.1) is 27.7 Å². The number of hydrogen-bond acceptors (Lipinski definition) is 7. The molecule has 0 saturated heterocycles. The molecule has 3 N–H and O–H groups in total. The number of likely N-dealkylation sites (N-methyl/N-ethyl adjacent to an activating group) is 1. The summed E-state index contributed by atoms with van der Waals surface area (Å²) in [4.78, 5) is 36.6. The topological polar surface area (TPSA) is 130 Å². The zero-order chi connectivity index (χ0) is 24.8. The molecule has 32 heavy (non-hydrogen) atoms. The summed E-state index contributed by atoms with van der Waals surface area (Å²) in [6, 6.07) is 0. The molecule has 0 amide bonds. The molecule has 0 bridgehead atoms. The summed E-state index contributed by atoms with van der Waals surface area (Å²) < 4.78 is 23.4. The molecule has 1 unspecified atom stereocenters. The van der Waals surface area contributed by atoms with E-state index in [9.17, 15) is 29.3 Å². The molecule has 0 saturated carbocycles.